The van der Waals surface area contributed by atoms with E-state index in [1.807, 2.05) is 55.5 Å². The Kier molecular flexibility index (Phi) is 13.7. The molecular weight excluding hydrogens is 508 g/mol. The van der Waals surface area contributed by atoms with Crippen LogP contribution in [-0.4, -0.2) is 21.0 Å². The van der Waals surface area contributed by atoms with Crippen molar-refractivity contribution in [3.63, 3.8) is 0 Å². The van der Waals surface area contributed by atoms with Crippen LogP contribution in [0, 0.1) is 11.3 Å². The van der Waals surface area contributed by atoms with Crippen molar-refractivity contribution in [3.8, 4) is 17.6 Å². The van der Waals surface area contributed by atoms with Crippen LogP contribution in [-0.2, 0) is 11.2 Å². The fraction of sp³-hybridized carbons (Fsp3) is 0.389. The number of aromatic amines is 1. The van der Waals surface area contributed by atoms with Gasteiger partial charge in [0.1, 0.15) is 17.3 Å². The van der Waals surface area contributed by atoms with Crippen molar-refractivity contribution in [3.05, 3.63) is 94.7 Å². The van der Waals surface area contributed by atoms with Crippen molar-refractivity contribution >= 4 is 16.7 Å². The minimum absolute atomic E-state index is 0.207. The van der Waals surface area contributed by atoms with Crippen LogP contribution < -0.4 is 0 Å². The Bertz CT molecular complexity index is 1400. The Hall–Kier alpha value is -4.04. The molecular formula is C36H46N2O3. The van der Waals surface area contributed by atoms with E-state index in [0.29, 0.717) is 23.0 Å². The summed E-state index contributed by atoms with van der Waals surface area (Å²) >= 11 is 0. The Labute approximate surface area is 245 Å². The van der Waals surface area contributed by atoms with E-state index < -0.39 is 0 Å². The van der Waals surface area contributed by atoms with Gasteiger partial charge in [0.2, 0.25) is 0 Å². The maximum absolute atomic E-state index is 10.0. The number of aromatic nitrogens is 1. The molecule has 0 saturated heterocycles. The molecule has 0 spiro atoms. The van der Waals surface area contributed by atoms with Crippen molar-refractivity contribution in [2.75, 3.05) is 0 Å². The number of Topliss-reactive ketones (excluding diaryl/α,β-unsaturated/α-hetero) is 1. The summed E-state index contributed by atoms with van der Waals surface area (Å²) in [4.78, 5) is 13.6. The van der Waals surface area contributed by atoms with Crippen LogP contribution in [0.1, 0.15) is 113 Å². The number of aryl methyl sites for hydroxylation is 1. The van der Waals surface area contributed by atoms with Crippen molar-refractivity contribution in [2.24, 2.45) is 0 Å². The molecule has 1 heterocycles. The van der Waals surface area contributed by atoms with E-state index in [9.17, 15) is 9.90 Å². The standard InChI is InChI=1S/C20H20N2O.C11H16O.C5H10O/c1-3-4-17-18-11-16(23)9-10-19(18)22-20(17)13(2)15-7-5-14(12-21)6-8-15;1-3-4-9(2)10-5-7-11(12)8-6-10;1-3-4-5(2)6/h5-11,13,22-23H,3-4H2,1-2H3;5-9,12H,3-4H2,1-2H3;3-4H2,1-2H3. The van der Waals surface area contributed by atoms with Crippen LogP contribution in [0.2, 0.25) is 0 Å². The number of nitrogens with one attached hydrogen (secondary N) is 1. The van der Waals surface area contributed by atoms with Crippen LogP contribution in [0.3, 0.4) is 0 Å². The van der Waals surface area contributed by atoms with Gasteiger partial charge in [-0.25, -0.2) is 0 Å². The molecule has 5 heteroatoms. The summed E-state index contributed by atoms with van der Waals surface area (Å²) in [5.74, 6) is 1.75. The Balaban J connectivity index is 0.000000272. The number of fused-ring (bicyclic) bond motifs is 1. The maximum Gasteiger partial charge on any atom is 0.129 e. The van der Waals surface area contributed by atoms with Gasteiger partial charge >= 0.3 is 0 Å². The molecule has 0 amide bonds. The van der Waals surface area contributed by atoms with Gasteiger partial charge < -0.3 is 20.0 Å². The smallest absolute Gasteiger partial charge is 0.129 e. The lowest BCUT2D eigenvalue weighted by molar-refractivity contribution is -0.117. The summed E-state index contributed by atoms with van der Waals surface area (Å²) in [5, 5.41) is 28.9. The molecule has 3 N–H and O–H groups in total. The predicted molar refractivity (Wildman–Crippen MR) is 170 cm³/mol. The molecule has 4 rings (SSSR count). The third kappa shape index (κ3) is 10.1. The molecule has 1 aromatic heterocycles. The molecule has 0 bridgehead atoms. The van der Waals surface area contributed by atoms with E-state index in [0.717, 1.165) is 36.6 Å². The Morgan fingerprint density at radius 2 is 1.46 bits per heavy atom. The van der Waals surface area contributed by atoms with E-state index in [4.69, 9.17) is 10.4 Å². The molecule has 4 aromatic rings. The SMILES string of the molecule is CCCC(C)=O.CCCC(C)c1ccc(O)cc1.CCCc1c(C(C)c2ccc(C#N)cc2)[nH]c2ccc(O)cc12. The summed E-state index contributed by atoms with van der Waals surface area (Å²) < 4.78 is 0. The zero-order valence-corrected chi connectivity index (χ0v) is 25.5. The lowest BCUT2D eigenvalue weighted by atomic mass is 9.92. The maximum atomic E-state index is 10.0. The average Bonchev–Trinajstić information content (AvgIpc) is 3.31. The normalized spacial score (nSPS) is 11.8. The minimum atomic E-state index is 0.207. The van der Waals surface area contributed by atoms with Gasteiger partial charge in [-0.2, -0.15) is 5.26 Å². The highest BCUT2D eigenvalue weighted by atomic mass is 16.3. The summed E-state index contributed by atoms with van der Waals surface area (Å²) in [6.07, 6.45) is 6.16. The van der Waals surface area contributed by atoms with Crippen LogP contribution in [0.4, 0.5) is 0 Å². The molecule has 5 nitrogen and oxygen atoms in total. The first-order valence-electron chi connectivity index (χ1n) is 14.8. The number of phenols is 2. The zero-order valence-electron chi connectivity index (χ0n) is 25.5. The molecule has 0 radical (unpaired) electrons. The lowest BCUT2D eigenvalue weighted by Crippen LogP contribution is -2.00. The summed E-state index contributed by atoms with van der Waals surface area (Å²) in [6, 6.07) is 22.9. The number of carbonyl (C=O) groups is 1. The highest BCUT2D eigenvalue weighted by Crippen LogP contribution is 2.34. The molecule has 0 aliphatic carbocycles. The molecule has 2 atom stereocenters. The van der Waals surface area contributed by atoms with E-state index in [2.05, 4.69) is 38.7 Å². The van der Waals surface area contributed by atoms with Gasteiger partial charge in [-0.05, 0) is 91.3 Å². The molecule has 41 heavy (non-hydrogen) atoms. The number of aromatic hydroxyl groups is 2. The molecule has 0 aliphatic heterocycles. The van der Waals surface area contributed by atoms with E-state index in [1.165, 1.54) is 35.2 Å². The van der Waals surface area contributed by atoms with E-state index >= 15 is 0 Å². The number of phenolic OH excluding ortho intramolecular Hbond substituents is 2. The highest BCUT2D eigenvalue weighted by molar-refractivity contribution is 5.86. The first kappa shape index (κ1) is 33.2. The van der Waals surface area contributed by atoms with Crippen LogP contribution in [0.15, 0.2) is 66.7 Å². The summed E-state index contributed by atoms with van der Waals surface area (Å²) in [7, 11) is 0. The van der Waals surface area contributed by atoms with E-state index in [-0.39, 0.29) is 11.7 Å². The van der Waals surface area contributed by atoms with Gasteiger partial charge in [-0.3, -0.25) is 0 Å². The molecule has 3 aromatic carbocycles. The largest absolute Gasteiger partial charge is 0.508 e. The molecule has 0 fully saturated rings. The van der Waals surface area contributed by atoms with Gasteiger partial charge in [0.15, 0.2) is 0 Å². The van der Waals surface area contributed by atoms with Crippen molar-refractivity contribution in [2.45, 2.75) is 91.9 Å². The Morgan fingerprint density at radius 3 is 1.98 bits per heavy atom. The van der Waals surface area contributed by atoms with Gasteiger partial charge in [-0.1, -0.05) is 71.7 Å². The van der Waals surface area contributed by atoms with E-state index in [1.54, 1.807) is 25.1 Å². The van der Waals surface area contributed by atoms with Crippen molar-refractivity contribution in [1.82, 2.24) is 4.98 Å². The number of hydrogen-bond acceptors (Lipinski definition) is 4. The first-order chi connectivity index (χ1) is 19.6. The fourth-order valence-corrected chi connectivity index (χ4v) is 4.91. The van der Waals surface area contributed by atoms with Gasteiger partial charge in [0.05, 0.1) is 11.6 Å². The molecule has 0 aliphatic rings. The van der Waals surface area contributed by atoms with Gasteiger partial charge in [0, 0.05) is 28.9 Å². The minimum Gasteiger partial charge on any atom is -0.508 e. The highest BCUT2D eigenvalue weighted by Gasteiger charge is 2.18. The number of ketones is 1. The van der Waals surface area contributed by atoms with Gasteiger partial charge in [0.25, 0.3) is 0 Å². The number of H-pyrrole nitrogens is 1. The van der Waals surface area contributed by atoms with Crippen molar-refractivity contribution in [1.29, 1.82) is 5.26 Å². The van der Waals surface area contributed by atoms with Crippen LogP contribution >= 0.6 is 0 Å². The fourth-order valence-electron chi connectivity index (χ4n) is 4.91. The topological polar surface area (TPSA) is 97.1 Å². The number of hydrogen-bond donors (Lipinski definition) is 3. The zero-order chi connectivity index (χ0) is 30.4. The third-order valence-electron chi connectivity index (χ3n) is 7.18. The number of carbonyl (C=O) groups excluding carboxylic acids is 1. The predicted octanol–water partition coefficient (Wildman–Crippen LogP) is 9.52. The molecule has 2 unspecified atom stereocenters. The number of rotatable bonds is 9. The number of nitriles is 1. The van der Waals surface area contributed by atoms with Crippen LogP contribution in [0.5, 0.6) is 11.5 Å². The number of nitrogens with zero attached hydrogens (tertiary/aromatic N) is 1. The molecule has 0 saturated carbocycles. The Morgan fingerprint density at radius 1 is 0.854 bits per heavy atom. The first-order valence-corrected chi connectivity index (χ1v) is 14.8. The summed E-state index contributed by atoms with van der Waals surface area (Å²) in [6.45, 7) is 12.4. The second-order valence-corrected chi connectivity index (χ2v) is 10.7. The summed E-state index contributed by atoms with van der Waals surface area (Å²) in [5.41, 5.74) is 6.69. The second-order valence-electron chi connectivity index (χ2n) is 10.7. The third-order valence-corrected chi connectivity index (χ3v) is 7.18. The molecule has 218 valence electrons. The second kappa shape index (κ2) is 16.9. The quantitative estimate of drug-likeness (QED) is 0.192. The van der Waals surface area contributed by atoms with Crippen molar-refractivity contribution < 1.29 is 15.0 Å². The average molecular weight is 555 g/mol. The number of benzene rings is 3. The monoisotopic (exact) mass is 554 g/mol. The van der Waals surface area contributed by atoms with Gasteiger partial charge in [-0.15, -0.1) is 0 Å². The lowest BCUT2D eigenvalue weighted by Gasteiger charge is -2.13. The van der Waals surface area contributed by atoms with Crippen LogP contribution in [0.25, 0.3) is 10.9 Å².